The second-order valence-corrected chi connectivity index (χ2v) is 11.0. The van der Waals surface area contributed by atoms with Crippen LogP contribution in [0.5, 0.6) is 0 Å². The third-order valence-corrected chi connectivity index (χ3v) is 8.70. The Balaban J connectivity index is 1.30. The molecule has 3 fully saturated rings. The van der Waals surface area contributed by atoms with Gasteiger partial charge in [-0.1, -0.05) is 6.92 Å². The molecule has 1 amide bonds. The number of aliphatic hydroxyl groups excluding tert-OH is 1. The number of aliphatic carboxylic acids is 1. The van der Waals surface area contributed by atoms with Gasteiger partial charge in [-0.15, -0.1) is 11.8 Å². The molecule has 4 aliphatic rings. The minimum Gasteiger partial charge on any atom is -0.477 e. The fraction of sp³-hybridized carbons (Fsp3) is 0.773. The third-order valence-electron chi connectivity index (χ3n) is 7.25. The van der Waals surface area contributed by atoms with E-state index >= 15 is 0 Å². The standard InChI is InChI=1S/C22H34N4O4S/c1-11-18-17(12(2)27)21(28)26(18)19(22(29)30)20(11)31-16-9-25(10-16)8-14-4-6-15(7-5-14)24-13(3)23/h11-12,14-18,27H,4-10H2,1-3H3,(H2,23,24)(H,29,30)/t11-,12-,14?,15?,17-,18-/m1/s1. The molecular formula is C22H34N4O4S. The fourth-order valence-corrected chi connectivity index (χ4v) is 7.30. The smallest absolute Gasteiger partial charge is 0.353 e. The van der Waals surface area contributed by atoms with Gasteiger partial charge in [0.05, 0.1) is 29.9 Å². The number of carboxylic acids is 1. The molecule has 9 heteroatoms. The largest absolute Gasteiger partial charge is 0.477 e. The lowest BCUT2D eigenvalue weighted by Gasteiger charge is -2.46. The molecule has 3 heterocycles. The van der Waals surface area contributed by atoms with Crippen LogP contribution in [0.25, 0.3) is 0 Å². The highest BCUT2D eigenvalue weighted by molar-refractivity contribution is 8.03. The molecule has 31 heavy (non-hydrogen) atoms. The van der Waals surface area contributed by atoms with Crippen LogP contribution in [0, 0.1) is 17.8 Å². The Morgan fingerprint density at radius 2 is 1.94 bits per heavy atom. The highest BCUT2D eigenvalue weighted by Gasteiger charge is 2.60. The van der Waals surface area contributed by atoms with Crippen LogP contribution in [-0.2, 0) is 9.59 Å². The number of carbonyl (C=O) groups is 2. The monoisotopic (exact) mass is 450 g/mol. The maximum absolute atomic E-state index is 12.5. The highest BCUT2D eigenvalue weighted by Crippen LogP contribution is 2.52. The van der Waals surface area contributed by atoms with Gasteiger partial charge in [-0.2, -0.15) is 0 Å². The highest BCUT2D eigenvalue weighted by atomic mass is 32.2. The number of aliphatic hydroxyl groups is 1. The molecule has 4 N–H and O–H groups in total. The summed E-state index contributed by atoms with van der Waals surface area (Å²) in [5.41, 5.74) is 5.84. The van der Waals surface area contributed by atoms with E-state index in [-0.39, 0.29) is 23.6 Å². The second kappa shape index (κ2) is 8.75. The van der Waals surface area contributed by atoms with Crippen molar-refractivity contribution in [3.8, 4) is 0 Å². The van der Waals surface area contributed by atoms with Crippen LogP contribution < -0.4 is 5.73 Å². The zero-order chi connectivity index (χ0) is 22.4. The van der Waals surface area contributed by atoms with E-state index in [1.807, 2.05) is 13.8 Å². The van der Waals surface area contributed by atoms with Crippen LogP contribution in [0.2, 0.25) is 0 Å². The zero-order valence-electron chi connectivity index (χ0n) is 18.5. The van der Waals surface area contributed by atoms with E-state index in [0.29, 0.717) is 23.0 Å². The van der Waals surface area contributed by atoms with Crippen LogP contribution in [0.4, 0.5) is 0 Å². The van der Waals surface area contributed by atoms with Crippen molar-refractivity contribution in [2.24, 2.45) is 28.5 Å². The van der Waals surface area contributed by atoms with Crippen LogP contribution in [0.1, 0.15) is 46.5 Å². The normalized spacial score (nSPS) is 35.6. The number of hydrogen-bond acceptors (Lipinski definition) is 6. The lowest BCUT2D eigenvalue weighted by atomic mass is 9.79. The Labute approximate surface area is 187 Å². The quantitative estimate of drug-likeness (QED) is 0.305. The van der Waals surface area contributed by atoms with Crippen LogP contribution in [0.15, 0.2) is 15.6 Å². The molecule has 2 saturated heterocycles. The molecule has 4 atom stereocenters. The average Bonchev–Trinajstić information content (AvgIpc) is 2.89. The van der Waals surface area contributed by atoms with Gasteiger partial charge >= 0.3 is 5.97 Å². The molecule has 1 saturated carbocycles. The van der Waals surface area contributed by atoms with Crippen LogP contribution >= 0.6 is 11.8 Å². The molecule has 0 aromatic rings. The molecule has 0 unspecified atom stereocenters. The van der Waals surface area contributed by atoms with Crippen LogP contribution in [-0.4, -0.2) is 80.8 Å². The van der Waals surface area contributed by atoms with Gasteiger partial charge in [-0.05, 0) is 45.4 Å². The molecular weight excluding hydrogens is 416 g/mol. The number of carboxylic acid groups (broad SMARTS) is 1. The number of fused-ring (bicyclic) bond motifs is 1. The van der Waals surface area contributed by atoms with E-state index in [1.54, 1.807) is 18.7 Å². The molecule has 172 valence electrons. The SMILES string of the molecule is CC(N)=NC1CCC(CN2CC(SC3=C(C(=O)O)N4C(=O)[C@H]([C@@H](C)O)[C@H]4[C@H]3C)C2)CC1. The fourth-order valence-electron chi connectivity index (χ4n) is 5.71. The van der Waals surface area contributed by atoms with Crippen molar-refractivity contribution in [3.05, 3.63) is 10.6 Å². The summed E-state index contributed by atoms with van der Waals surface area (Å²) in [6.07, 6.45) is 3.81. The first-order valence-electron chi connectivity index (χ1n) is 11.3. The Morgan fingerprint density at radius 1 is 1.29 bits per heavy atom. The summed E-state index contributed by atoms with van der Waals surface area (Å²) in [4.78, 5) is 33.5. The van der Waals surface area contributed by atoms with Crippen molar-refractivity contribution < 1.29 is 19.8 Å². The zero-order valence-corrected chi connectivity index (χ0v) is 19.3. The summed E-state index contributed by atoms with van der Waals surface area (Å²) in [5, 5.41) is 20.1. The van der Waals surface area contributed by atoms with Gasteiger partial charge in [0.25, 0.3) is 0 Å². The van der Waals surface area contributed by atoms with Gasteiger partial charge in [0, 0.05) is 35.7 Å². The second-order valence-electron chi connectivity index (χ2n) is 9.68. The summed E-state index contributed by atoms with van der Waals surface area (Å²) in [5.74, 6) is -0.487. The van der Waals surface area contributed by atoms with Crippen LogP contribution in [0.3, 0.4) is 0 Å². The molecule has 0 aromatic carbocycles. The van der Waals surface area contributed by atoms with E-state index < -0.39 is 18.0 Å². The number of hydrogen-bond donors (Lipinski definition) is 3. The van der Waals surface area contributed by atoms with E-state index in [0.717, 1.165) is 37.4 Å². The first-order valence-corrected chi connectivity index (χ1v) is 12.2. The first kappa shape index (κ1) is 22.6. The number of nitrogens with two attached hydrogens (primary N) is 1. The van der Waals surface area contributed by atoms with Crippen molar-refractivity contribution in [3.63, 3.8) is 0 Å². The molecule has 3 aliphatic heterocycles. The van der Waals surface area contributed by atoms with Crippen molar-refractivity contribution in [1.82, 2.24) is 9.80 Å². The molecule has 0 aromatic heterocycles. The third kappa shape index (κ3) is 4.24. The van der Waals surface area contributed by atoms with Gasteiger partial charge in [0.2, 0.25) is 5.91 Å². The van der Waals surface area contributed by atoms with Crippen molar-refractivity contribution in [1.29, 1.82) is 0 Å². The summed E-state index contributed by atoms with van der Waals surface area (Å²) < 4.78 is 0. The minimum absolute atomic E-state index is 0.0516. The predicted octanol–water partition coefficient (Wildman–Crippen LogP) is 1.49. The molecule has 8 nitrogen and oxygen atoms in total. The lowest BCUT2D eigenvalue weighted by molar-refractivity contribution is -0.163. The number of thioether (sulfide) groups is 1. The summed E-state index contributed by atoms with van der Waals surface area (Å²) in [6.45, 7) is 8.44. The van der Waals surface area contributed by atoms with Gasteiger partial charge in [0.1, 0.15) is 5.70 Å². The van der Waals surface area contributed by atoms with Gasteiger partial charge in [-0.3, -0.25) is 9.79 Å². The first-order chi connectivity index (χ1) is 14.7. The molecule has 0 spiro atoms. The Kier molecular flexibility index (Phi) is 6.38. The Morgan fingerprint density at radius 3 is 2.48 bits per heavy atom. The van der Waals surface area contributed by atoms with Crippen molar-refractivity contribution in [2.75, 3.05) is 19.6 Å². The number of amides is 1. The Hall–Kier alpha value is -1.58. The molecule has 0 bridgehead atoms. The van der Waals surface area contributed by atoms with Gasteiger partial charge in [-0.25, -0.2) is 4.79 Å². The summed E-state index contributed by atoms with van der Waals surface area (Å²) in [6, 6.07) is 0.150. The topological polar surface area (TPSA) is 119 Å². The average molecular weight is 451 g/mol. The number of carbonyl (C=O) groups excluding carboxylic acids is 1. The van der Waals surface area contributed by atoms with E-state index in [2.05, 4.69) is 9.89 Å². The van der Waals surface area contributed by atoms with E-state index in [4.69, 9.17) is 5.73 Å². The predicted molar refractivity (Wildman–Crippen MR) is 120 cm³/mol. The number of β-lactam (4-membered cyclic amide) rings is 1. The number of amidine groups is 1. The van der Waals surface area contributed by atoms with E-state index in [9.17, 15) is 19.8 Å². The maximum atomic E-state index is 12.5. The lowest BCUT2D eigenvalue weighted by Crippen LogP contribution is -2.63. The number of rotatable bonds is 7. The number of likely N-dealkylation sites (tertiary alicyclic amines) is 1. The van der Waals surface area contributed by atoms with Crippen molar-refractivity contribution in [2.45, 2.75) is 69.9 Å². The number of aliphatic imine (C=N–C) groups is 1. The maximum Gasteiger partial charge on any atom is 0.353 e. The van der Waals surface area contributed by atoms with Crippen molar-refractivity contribution >= 4 is 29.5 Å². The Bertz CT molecular complexity index is 795. The van der Waals surface area contributed by atoms with Gasteiger partial charge < -0.3 is 25.7 Å². The molecule has 1 aliphatic carbocycles. The molecule has 0 radical (unpaired) electrons. The summed E-state index contributed by atoms with van der Waals surface area (Å²) in [7, 11) is 0. The number of nitrogens with zero attached hydrogens (tertiary/aromatic N) is 3. The molecule has 4 rings (SSSR count). The summed E-state index contributed by atoms with van der Waals surface area (Å²) >= 11 is 1.62. The van der Waals surface area contributed by atoms with Gasteiger partial charge in [0.15, 0.2) is 0 Å². The van der Waals surface area contributed by atoms with E-state index in [1.165, 1.54) is 17.7 Å². The minimum atomic E-state index is -1.04.